The Bertz CT molecular complexity index is 363. The van der Waals surface area contributed by atoms with Crippen molar-refractivity contribution in [3.05, 3.63) is 21.9 Å². The Hall–Kier alpha value is -0.480. The van der Waals surface area contributed by atoms with Gasteiger partial charge in [0.05, 0.1) is 5.54 Å². The lowest BCUT2D eigenvalue weighted by Gasteiger charge is -2.37. The van der Waals surface area contributed by atoms with Crippen molar-refractivity contribution in [3.8, 4) is 0 Å². The van der Waals surface area contributed by atoms with E-state index in [1.165, 1.54) is 5.56 Å². The van der Waals surface area contributed by atoms with Crippen molar-refractivity contribution in [2.75, 3.05) is 0 Å². The summed E-state index contributed by atoms with van der Waals surface area (Å²) in [5.74, 6) is -2.51. The van der Waals surface area contributed by atoms with E-state index in [1.54, 1.807) is 11.3 Å². The second kappa shape index (κ2) is 4.08. The number of hydrogen-bond acceptors (Lipinski definition) is 2. The zero-order chi connectivity index (χ0) is 11.8. The first-order chi connectivity index (χ1) is 7.47. The van der Waals surface area contributed by atoms with Crippen LogP contribution in [0.2, 0.25) is 0 Å². The lowest BCUT2D eigenvalue weighted by Crippen LogP contribution is -2.43. The van der Waals surface area contributed by atoms with Gasteiger partial charge in [-0.1, -0.05) is 6.92 Å². The Morgan fingerprint density at radius 1 is 1.31 bits per heavy atom. The number of hydrogen-bond donors (Lipinski definition) is 1. The standard InChI is InChI=1S/C12H17F2NS/c1-2-9-3-8-16-10(9)11(15)4-6-12(13,14)7-5-11/h3,8H,2,4-7,15H2,1H3. The van der Waals surface area contributed by atoms with Crippen molar-refractivity contribution in [3.63, 3.8) is 0 Å². The zero-order valence-corrected chi connectivity index (χ0v) is 10.2. The van der Waals surface area contributed by atoms with Crippen LogP contribution in [0, 0.1) is 0 Å². The van der Waals surface area contributed by atoms with Gasteiger partial charge >= 0.3 is 0 Å². The summed E-state index contributed by atoms with van der Waals surface area (Å²) in [6.45, 7) is 2.08. The maximum absolute atomic E-state index is 13.1. The van der Waals surface area contributed by atoms with Crippen LogP contribution >= 0.6 is 11.3 Å². The SMILES string of the molecule is CCc1ccsc1C1(N)CCC(F)(F)CC1. The molecule has 0 spiro atoms. The van der Waals surface area contributed by atoms with E-state index in [0.717, 1.165) is 11.3 Å². The van der Waals surface area contributed by atoms with E-state index in [0.29, 0.717) is 12.8 Å². The van der Waals surface area contributed by atoms with Crippen LogP contribution in [0.25, 0.3) is 0 Å². The molecule has 4 heteroatoms. The normalized spacial score (nSPS) is 23.2. The Balaban J connectivity index is 2.21. The molecule has 2 N–H and O–H groups in total. The van der Waals surface area contributed by atoms with Crippen molar-refractivity contribution < 1.29 is 8.78 Å². The molecular weight excluding hydrogens is 228 g/mol. The fourth-order valence-electron chi connectivity index (χ4n) is 2.34. The summed E-state index contributed by atoms with van der Waals surface area (Å²) in [6.07, 6.45) is 1.56. The Morgan fingerprint density at radius 3 is 2.50 bits per heavy atom. The lowest BCUT2D eigenvalue weighted by molar-refractivity contribution is -0.0510. The predicted molar refractivity (Wildman–Crippen MR) is 63.0 cm³/mol. The van der Waals surface area contributed by atoms with Gasteiger partial charge in [-0.05, 0) is 36.3 Å². The van der Waals surface area contributed by atoms with Gasteiger partial charge in [0.2, 0.25) is 5.92 Å². The summed E-state index contributed by atoms with van der Waals surface area (Å²) in [5.41, 5.74) is 7.01. The number of halogens is 2. The molecule has 1 fully saturated rings. The van der Waals surface area contributed by atoms with Gasteiger partial charge in [0.1, 0.15) is 0 Å². The quantitative estimate of drug-likeness (QED) is 0.845. The summed E-state index contributed by atoms with van der Waals surface area (Å²) in [5, 5.41) is 2.01. The highest BCUT2D eigenvalue weighted by Crippen LogP contribution is 2.44. The monoisotopic (exact) mass is 245 g/mol. The molecule has 1 aromatic rings. The van der Waals surface area contributed by atoms with E-state index in [4.69, 9.17) is 5.73 Å². The molecule has 0 aliphatic heterocycles. The van der Waals surface area contributed by atoms with Crippen LogP contribution in [-0.2, 0) is 12.0 Å². The molecule has 0 atom stereocenters. The minimum atomic E-state index is -2.51. The lowest BCUT2D eigenvalue weighted by atomic mass is 9.78. The Kier molecular flexibility index (Phi) is 3.05. The van der Waals surface area contributed by atoms with Gasteiger partial charge in [-0.15, -0.1) is 11.3 Å². The minimum absolute atomic E-state index is 0.0788. The largest absolute Gasteiger partial charge is 0.321 e. The molecule has 0 aromatic carbocycles. The van der Waals surface area contributed by atoms with Crippen LogP contribution in [0.5, 0.6) is 0 Å². The molecular formula is C12H17F2NS. The van der Waals surface area contributed by atoms with Gasteiger partial charge < -0.3 is 5.73 Å². The van der Waals surface area contributed by atoms with Crippen LogP contribution < -0.4 is 5.73 Å². The van der Waals surface area contributed by atoms with Crippen LogP contribution in [0.1, 0.15) is 43.0 Å². The summed E-state index contributed by atoms with van der Waals surface area (Å²) >= 11 is 1.61. The van der Waals surface area contributed by atoms with Gasteiger partial charge in [0, 0.05) is 17.7 Å². The average molecular weight is 245 g/mol. The van der Waals surface area contributed by atoms with Gasteiger partial charge in [0.25, 0.3) is 0 Å². The van der Waals surface area contributed by atoms with E-state index < -0.39 is 11.5 Å². The molecule has 1 heterocycles. The average Bonchev–Trinajstić information content (AvgIpc) is 2.71. The second-order valence-corrected chi connectivity index (χ2v) is 5.56. The highest BCUT2D eigenvalue weighted by Gasteiger charge is 2.43. The molecule has 0 radical (unpaired) electrons. The van der Waals surface area contributed by atoms with E-state index in [2.05, 4.69) is 13.0 Å². The molecule has 16 heavy (non-hydrogen) atoms. The highest BCUT2D eigenvalue weighted by atomic mass is 32.1. The molecule has 0 amide bonds. The van der Waals surface area contributed by atoms with E-state index in [9.17, 15) is 8.78 Å². The molecule has 90 valence electrons. The molecule has 1 saturated carbocycles. The van der Waals surface area contributed by atoms with Crippen molar-refractivity contribution in [1.29, 1.82) is 0 Å². The molecule has 2 rings (SSSR count). The third kappa shape index (κ3) is 2.13. The number of aryl methyl sites for hydroxylation is 1. The maximum atomic E-state index is 13.1. The molecule has 0 unspecified atom stereocenters. The number of alkyl halides is 2. The summed E-state index contributed by atoms with van der Waals surface area (Å²) in [4.78, 5) is 1.12. The van der Waals surface area contributed by atoms with Gasteiger partial charge in [0.15, 0.2) is 0 Å². The summed E-state index contributed by atoms with van der Waals surface area (Å²) in [6, 6.07) is 2.06. The molecule has 1 aliphatic carbocycles. The molecule has 1 aliphatic rings. The van der Waals surface area contributed by atoms with Gasteiger partial charge in [-0.25, -0.2) is 8.78 Å². The first-order valence-electron chi connectivity index (χ1n) is 5.70. The van der Waals surface area contributed by atoms with Crippen LogP contribution in [0.15, 0.2) is 11.4 Å². The highest BCUT2D eigenvalue weighted by molar-refractivity contribution is 7.10. The summed E-state index contributed by atoms with van der Waals surface area (Å²) < 4.78 is 26.2. The third-order valence-electron chi connectivity index (χ3n) is 3.45. The molecule has 0 saturated heterocycles. The minimum Gasteiger partial charge on any atom is -0.321 e. The number of rotatable bonds is 2. The van der Waals surface area contributed by atoms with Gasteiger partial charge in [-0.2, -0.15) is 0 Å². The fourth-order valence-corrected chi connectivity index (χ4v) is 3.51. The van der Waals surface area contributed by atoms with Crippen LogP contribution in [0.4, 0.5) is 8.78 Å². The van der Waals surface area contributed by atoms with Crippen molar-refractivity contribution >= 4 is 11.3 Å². The summed E-state index contributed by atoms with van der Waals surface area (Å²) in [7, 11) is 0. The van der Waals surface area contributed by atoms with Crippen molar-refractivity contribution in [2.45, 2.75) is 50.5 Å². The molecule has 1 nitrogen and oxygen atoms in total. The van der Waals surface area contributed by atoms with Gasteiger partial charge in [-0.3, -0.25) is 0 Å². The first-order valence-corrected chi connectivity index (χ1v) is 6.58. The van der Waals surface area contributed by atoms with E-state index >= 15 is 0 Å². The Labute approximate surface area is 98.7 Å². The van der Waals surface area contributed by atoms with E-state index in [-0.39, 0.29) is 12.8 Å². The van der Waals surface area contributed by atoms with Crippen LogP contribution in [0.3, 0.4) is 0 Å². The second-order valence-electron chi connectivity index (χ2n) is 4.64. The van der Waals surface area contributed by atoms with Crippen LogP contribution in [-0.4, -0.2) is 5.92 Å². The molecule has 0 bridgehead atoms. The Morgan fingerprint density at radius 2 is 1.94 bits per heavy atom. The topological polar surface area (TPSA) is 26.0 Å². The smallest absolute Gasteiger partial charge is 0.248 e. The number of nitrogens with two attached hydrogens (primary N) is 1. The van der Waals surface area contributed by atoms with Crippen molar-refractivity contribution in [2.24, 2.45) is 5.73 Å². The molecule has 1 aromatic heterocycles. The third-order valence-corrected chi connectivity index (χ3v) is 4.63. The fraction of sp³-hybridized carbons (Fsp3) is 0.667. The maximum Gasteiger partial charge on any atom is 0.248 e. The number of thiophene rings is 1. The first kappa shape index (κ1) is 12.0. The van der Waals surface area contributed by atoms with E-state index in [1.807, 2.05) is 5.38 Å². The zero-order valence-electron chi connectivity index (χ0n) is 9.43. The predicted octanol–water partition coefficient (Wildman–Crippen LogP) is 3.67. The van der Waals surface area contributed by atoms with Crippen molar-refractivity contribution in [1.82, 2.24) is 0 Å².